The maximum atomic E-state index is 13.5. The summed E-state index contributed by atoms with van der Waals surface area (Å²) in [5.41, 5.74) is 5.89. The standard InChI is InChI=1S/C13H19FN2O2/c1-8(2)11(15)7-13(17)16-12-6-9(18-3)4-5-10(12)14/h4-6,8,11H,7,15H2,1-3H3,(H,16,17). The van der Waals surface area contributed by atoms with Crippen molar-refractivity contribution in [1.82, 2.24) is 0 Å². The first kappa shape index (κ1) is 14.4. The highest BCUT2D eigenvalue weighted by Crippen LogP contribution is 2.21. The Hall–Kier alpha value is -1.62. The molecule has 0 aliphatic carbocycles. The Kier molecular flexibility index (Phi) is 5.09. The van der Waals surface area contributed by atoms with Gasteiger partial charge in [-0.05, 0) is 18.1 Å². The van der Waals surface area contributed by atoms with E-state index in [1.807, 2.05) is 13.8 Å². The van der Waals surface area contributed by atoms with E-state index in [1.54, 1.807) is 0 Å². The second-order valence-corrected chi connectivity index (χ2v) is 4.51. The molecule has 0 aliphatic heterocycles. The fourth-order valence-corrected chi connectivity index (χ4v) is 1.38. The molecule has 0 spiro atoms. The highest BCUT2D eigenvalue weighted by Gasteiger charge is 2.14. The van der Waals surface area contributed by atoms with Crippen LogP contribution in [0.4, 0.5) is 10.1 Å². The van der Waals surface area contributed by atoms with E-state index < -0.39 is 5.82 Å². The third-order valence-electron chi connectivity index (χ3n) is 2.73. The molecule has 1 unspecified atom stereocenters. The summed E-state index contributed by atoms with van der Waals surface area (Å²) in [7, 11) is 1.48. The van der Waals surface area contributed by atoms with Crippen LogP contribution in [0.15, 0.2) is 18.2 Å². The number of halogens is 1. The normalized spacial score (nSPS) is 12.3. The van der Waals surface area contributed by atoms with E-state index in [0.29, 0.717) is 5.75 Å². The van der Waals surface area contributed by atoms with Crippen molar-refractivity contribution in [2.24, 2.45) is 11.7 Å². The Bertz CT molecular complexity index is 421. The average molecular weight is 254 g/mol. The number of methoxy groups -OCH3 is 1. The van der Waals surface area contributed by atoms with E-state index in [1.165, 1.54) is 25.3 Å². The molecule has 1 amide bonds. The molecule has 1 aromatic carbocycles. The molecule has 1 rings (SSSR count). The number of rotatable bonds is 5. The summed E-state index contributed by atoms with van der Waals surface area (Å²) in [6.07, 6.45) is 0.161. The number of anilines is 1. The van der Waals surface area contributed by atoms with Gasteiger partial charge in [-0.1, -0.05) is 13.8 Å². The summed E-state index contributed by atoms with van der Waals surface area (Å²) >= 11 is 0. The lowest BCUT2D eigenvalue weighted by Gasteiger charge is -2.15. The topological polar surface area (TPSA) is 64.3 Å². The quantitative estimate of drug-likeness (QED) is 0.846. The van der Waals surface area contributed by atoms with Crippen LogP contribution in [0.25, 0.3) is 0 Å². The molecule has 3 N–H and O–H groups in total. The van der Waals surface area contributed by atoms with E-state index in [9.17, 15) is 9.18 Å². The summed E-state index contributed by atoms with van der Waals surface area (Å²) in [4.78, 5) is 11.7. The summed E-state index contributed by atoms with van der Waals surface area (Å²) < 4.78 is 18.4. The lowest BCUT2D eigenvalue weighted by Crippen LogP contribution is -2.31. The Labute approximate surface area is 106 Å². The molecule has 0 saturated carbocycles. The molecule has 0 aromatic heterocycles. The lowest BCUT2D eigenvalue weighted by atomic mass is 10.0. The SMILES string of the molecule is COc1ccc(F)c(NC(=O)CC(N)C(C)C)c1. The third-order valence-corrected chi connectivity index (χ3v) is 2.73. The van der Waals surface area contributed by atoms with Gasteiger partial charge in [0, 0.05) is 18.5 Å². The number of hydrogen-bond donors (Lipinski definition) is 2. The second kappa shape index (κ2) is 6.35. The van der Waals surface area contributed by atoms with Gasteiger partial charge in [0.1, 0.15) is 11.6 Å². The zero-order chi connectivity index (χ0) is 13.7. The Balaban J connectivity index is 2.69. The number of nitrogens with one attached hydrogen (secondary N) is 1. The van der Waals surface area contributed by atoms with Crippen LogP contribution in [-0.2, 0) is 4.79 Å². The van der Waals surface area contributed by atoms with Crippen molar-refractivity contribution in [2.75, 3.05) is 12.4 Å². The van der Waals surface area contributed by atoms with Crippen LogP contribution in [0.2, 0.25) is 0 Å². The van der Waals surface area contributed by atoms with Crippen molar-refractivity contribution in [1.29, 1.82) is 0 Å². The van der Waals surface area contributed by atoms with E-state index in [0.717, 1.165) is 0 Å². The molecule has 1 atom stereocenters. The Morgan fingerprint density at radius 2 is 2.17 bits per heavy atom. The smallest absolute Gasteiger partial charge is 0.226 e. The predicted molar refractivity (Wildman–Crippen MR) is 69.0 cm³/mol. The van der Waals surface area contributed by atoms with Crippen LogP contribution < -0.4 is 15.8 Å². The first-order valence-corrected chi connectivity index (χ1v) is 5.83. The molecule has 0 bridgehead atoms. The van der Waals surface area contributed by atoms with E-state index in [4.69, 9.17) is 10.5 Å². The van der Waals surface area contributed by atoms with Crippen molar-refractivity contribution in [3.8, 4) is 5.75 Å². The maximum Gasteiger partial charge on any atom is 0.226 e. The molecule has 0 heterocycles. The first-order valence-electron chi connectivity index (χ1n) is 5.83. The minimum Gasteiger partial charge on any atom is -0.497 e. The molecule has 0 aliphatic rings. The summed E-state index contributed by atoms with van der Waals surface area (Å²) in [5.74, 6) is -0.114. The Morgan fingerprint density at radius 3 is 2.72 bits per heavy atom. The van der Waals surface area contributed by atoms with Gasteiger partial charge in [-0.15, -0.1) is 0 Å². The van der Waals surface area contributed by atoms with Gasteiger partial charge in [0.15, 0.2) is 0 Å². The van der Waals surface area contributed by atoms with Crippen LogP contribution >= 0.6 is 0 Å². The van der Waals surface area contributed by atoms with Gasteiger partial charge >= 0.3 is 0 Å². The van der Waals surface area contributed by atoms with Crippen molar-refractivity contribution in [3.63, 3.8) is 0 Å². The predicted octanol–water partition coefficient (Wildman–Crippen LogP) is 2.15. The number of ether oxygens (including phenoxy) is 1. The van der Waals surface area contributed by atoms with Gasteiger partial charge in [-0.2, -0.15) is 0 Å². The zero-order valence-electron chi connectivity index (χ0n) is 10.9. The fraction of sp³-hybridized carbons (Fsp3) is 0.462. The number of carbonyl (C=O) groups excluding carboxylic acids is 1. The molecule has 4 nitrogen and oxygen atoms in total. The summed E-state index contributed by atoms with van der Waals surface area (Å²) in [5, 5.41) is 2.50. The number of nitrogens with two attached hydrogens (primary N) is 1. The van der Waals surface area contributed by atoms with Crippen LogP contribution in [-0.4, -0.2) is 19.1 Å². The minimum absolute atomic E-state index is 0.107. The molecule has 5 heteroatoms. The van der Waals surface area contributed by atoms with Gasteiger partial charge in [0.05, 0.1) is 12.8 Å². The minimum atomic E-state index is -0.498. The van der Waals surface area contributed by atoms with Crippen molar-refractivity contribution in [3.05, 3.63) is 24.0 Å². The Morgan fingerprint density at radius 1 is 1.50 bits per heavy atom. The van der Waals surface area contributed by atoms with Crippen LogP contribution in [0.3, 0.4) is 0 Å². The van der Waals surface area contributed by atoms with E-state index in [-0.39, 0.29) is 30.0 Å². The lowest BCUT2D eigenvalue weighted by molar-refractivity contribution is -0.116. The van der Waals surface area contributed by atoms with Gasteiger partial charge in [-0.3, -0.25) is 4.79 Å². The van der Waals surface area contributed by atoms with Crippen molar-refractivity contribution >= 4 is 11.6 Å². The van der Waals surface area contributed by atoms with Crippen LogP contribution in [0.5, 0.6) is 5.75 Å². The number of hydrogen-bond acceptors (Lipinski definition) is 3. The highest BCUT2D eigenvalue weighted by atomic mass is 19.1. The highest BCUT2D eigenvalue weighted by molar-refractivity contribution is 5.91. The zero-order valence-corrected chi connectivity index (χ0v) is 10.9. The number of carbonyl (C=O) groups is 1. The van der Waals surface area contributed by atoms with Gasteiger partial charge < -0.3 is 15.8 Å². The van der Waals surface area contributed by atoms with E-state index in [2.05, 4.69) is 5.32 Å². The second-order valence-electron chi connectivity index (χ2n) is 4.51. The fourth-order valence-electron chi connectivity index (χ4n) is 1.38. The third kappa shape index (κ3) is 4.00. The van der Waals surface area contributed by atoms with Gasteiger partial charge in [0.2, 0.25) is 5.91 Å². The van der Waals surface area contributed by atoms with E-state index >= 15 is 0 Å². The number of benzene rings is 1. The molecule has 0 fully saturated rings. The average Bonchev–Trinajstić information content (AvgIpc) is 2.31. The van der Waals surface area contributed by atoms with Crippen molar-refractivity contribution in [2.45, 2.75) is 26.3 Å². The molecule has 0 radical (unpaired) electrons. The molecule has 100 valence electrons. The molecular weight excluding hydrogens is 235 g/mol. The van der Waals surface area contributed by atoms with Gasteiger partial charge in [0.25, 0.3) is 0 Å². The monoisotopic (exact) mass is 254 g/mol. The molecular formula is C13H19FN2O2. The maximum absolute atomic E-state index is 13.5. The first-order chi connectivity index (χ1) is 8.43. The molecule has 0 saturated heterocycles. The summed E-state index contributed by atoms with van der Waals surface area (Å²) in [6.45, 7) is 3.87. The van der Waals surface area contributed by atoms with Crippen molar-refractivity contribution < 1.29 is 13.9 Å². The molecule has 1 aromatic rings. The van der Waals surface area contributed by atoms with Crippen LogP contribution in [0, 0.1) is 11.7 Å². The number of amides is 1. The summed E-state index contributed by atoms with van der Waals surface area (Å²) in [6, 6.07) is 3.94. The molecule has 18 heavy (non-hydrogen) atoms. The van der Waals surface area contributed by atoms with Gasteiger partial charge in [-0.25, -0.2) is 4.39 Å². The largest absolute Gasteiger partial charge is 0.497 e. The van der Waals surface area contributed by atoms with Crippen LogP contribution in [0.1, 0.15) is 20.3 Å².